The van der Waals surface area contributed by atoms with Crippen LogP contribution in [0.25, 0.3) is 16.9 Å². The number of hydrogen-bond donors (Lipinski definition) is 0. The maximum Gasteiger partial charge on any atom is 0.511 e. The molecule has 140 valence electrons. The molecule has 0 saturated carbocycles. The van der Waals surface area contributed by atoms with Gasteiger partial charge in [0.2, 0.25) is 6.79 Å². The Morgan fingerprint density at radius 2 is 1.73 bits per heavy atom. The van der Waals surface area contributed by atoms with Gasteiger partial charge in [-0.3, -0.25) is 0 Å². The molecule has 8 heteroatoms. The standard InChI is InChI=1S/C18H22N2O6/c1-4-23-18(22)25-11-24-17(21)16-14-6-5-13(26-14)15(16)12(2)20-9-7-19(3)8-10-20/h5-6H,2,4,7-11H2,1,3H3. The number of ether oxygens (including phenoxy) is 3. The molecule has 1 saturated heterocycles. The van der Waals surface area contributed by atoms with Crippen molar-refractivity contribution in [2.75, 3.05) is 46.6 Å². The quantitative estimate of drug-likeness (QED) is 0.572. The maximum absolute atomic E-state index is 12.5. The Hall–Kier alpha value is -2.74. The predicted octanol–water partition coefficient (Wildman–Crippen LogP) is 2.38. The van der Waals surface area contributed by atoms with Crippen molar-refractivity contribution < 1.29 is 28.2 Å². The molecule has 0 unspecified atom stereocenters. The average molecular weight is 362 g/mol. The summed E-state index contributed by atoms with van der Waals surface area (Å²) in [5, 5.41) is 0. The fourth-order valence-corrected chi connectivity index (χ4v) is 2.94. The number of rotatable bonds is 6. The minimum absolute atomic E-state index is 0.182. The molecule has 26 heavy (non-hydrogen) atoms. The van der Waals surface area contributed by atoms with Gasteiger partial charge in [0.15, 0.2) is 0 Å². The summed E-state index contributed by atoms with van der Waals surface area (Å²) >= 11 is 0. The van der Waals surface area contributed by atoms with E-state index in [1.54, 1.807) is 19.1 Å². The molecule has 2 aromatic heterocycles. The van der Waals surface area contributed by atoms with E-state index in [1.807, 2.05) is 0 Å². The van der Waals surface area contributed by atoms with Crippen LogP contribution in [-0.2, 0) is 14.2 Å². The van der Waals surface area contributed by atoms with Crippen LogP contribution in [-0.4, -0.2) is 68.6 Å². The van der Waals surface area contributed by atoms with Crippen molar-refractivity contribution in [1.29, 1.82) is 0 Å². The molecular weight excluding hydrogens is 340 g/mol. The molecule has 3 rings (SSSR count). The largest absolute Gasteiger partial charge is 0.511 e. The summed E-state index contributed by atoms with van der Waals surface area (Å²) in [4.78, 5) is 28.0. The zero-order chi connectivity index (χ0) is 18.7. The Kier molecular flexibility index (Phi) is 5.32. The second-order valence-electron chi connectivity index (χ2n) is 6.03. The first kappa shape index (κ1) is 18.1. The molecule has 2 bridgehead atoms. The topological polar surface area (TPSA) is 81.4 Å². The molecule has 0 atom stereocenters. The third kappa shape index (κ3) is 3.60. The van der Waals surface area contributed by atoms with Crippen LogP contribution in [0.1, 0.15) is 22.8 Å². The van der Waals surface area contributed by atoms with Gasteiger partial charge in [0.25, 0.3) is 0 Å². The van der Waals surface area contributed by atoms with E-state index in [4.69, 9.17) is 9.15 Å². The number of carbonyl (C=O) groups is 2. The number of hydrogen-bond acceptors (Lipinski definition) is 8. The normalized spacial score (nSPS) is 15.2. The van der Waals surface area contributed by atoms with Crippen LogP contribution in [0.4, 0.5) is 4.79 Å². The maximum atomic E-state index is 12.5. The number of nitrogens with zero attached hydrogens (tertiary/aromatic N) is 2. The van der Waals surface area contributed by atoms with Crippen LogP contribution in [0.5, 0.6) is 0 Å². The third-order valence-electron chi connectivity index (χ3n) is 4.36. The molecule has 8 nitrogen and oxygen atoms in total. The van der Waals surface area contributed by atoms with Crippen molar-refractivity contribution in [3.05, 3.63) is 29.8 Å². The lowest BCUT2D eigenvalue weighted by atomic mass is 10.0. The summed E-state index contributed by atoms with van der Waals surface area (Å²) in [6.07, 6.45) is -0.887. The van der Waals surface area contributed by atoms with Gasteiger partial charge in [0, 0.05) is 31.9 Å². The van der Waals surface area contributed by atoms with E-state index >= 15 is 0 Å². The van der Waals surface area contributed by atoms with Crippen LogP contribution < -0.4 is 0 Å². The Balaban J connectivity index is 1.71. The summed E-state index contributed by atoms with van der Waals surface area (Å²) in [5.41, 5.74) is 2.67. The van der Waals surface area contributed by atoms with Gasteiger partial charge in [-0.1, -0.05) is 6.58 Å². The fraction of sp³-hybridized carbons (Fsp3) is 0.444. The lowest BCUT2D eigenvalue weighted by Crippen LogP contribution is -2.43. The van der Waals surface area contributed by atoms with Crippen LogP contribution in [0.2, 0.25) is 0 Å². The number of benzene rings is 1. The molecule has 0 spiro atoms. The molecule has 3 heterocycles. The van der Waals surface area contributed by atoms with Gasteiger partial charge in [-0.25, -0.2) is 9.59 Å². The Bertz CT molecular complexity index is 791. The number of piperazine rings is 1. The summed E-state index contributed by atoms with van der Waals surface area (Å²) in [6, 6.07) is 3.51. The van der Waals surface area contributed by atoms with Gasteiger partial charge in [0.1, 0.15) is 16.7 Å². The molecule has 2 aromatic rings. The average Bonchev–Trinajstić information content (AvgIpc) is 3.23. The summed E-state index contributed by atoms with van der Waals surface area (Å²) in [5.74, 6) is -0.631. The zero-order valence-electron chi connectivity index (χ0n) is 14.9. The van der Waals surface area contributed by atoms with Crippen LogP contribution in [0, 0.1) is 0 Å². The predicted molar refractivity (Wildman–Crippen MR) is 93.9 cm³/mol. The van der Waals surface area contributed by atoms with Crippen LogP contribution in [0.15, 0.2) is 23.1 Å². The summed E-state index contributed by atoms with van der Waals surface area (Å²) in [6.45, 7) is 8.94. The molecule has 0 aliphatic carbocycles. The minimum Gasteiger partial charge on any atom is -0.456 e. The monoisotopic (exact) mass is 362 g/mol. The molecule has 1 fully saturated rings. The molecule has 0 aromatic carbocycles. The van der Waals surface area contributed by atoms with Crippen LogP contribution >= 0.6 is 0 Å². The highest BCUT2D eigenvalue weighted by atomic mass is 16.8. The van der Waals surface area contributed by atoms with Crippen molar-refractivity contribution in [1.82, 2.24) is 9.80 Å². The van der Waals surface area contributed by atoms with E-state index < -0.39 is 18.9 Å². The SMILES string of the molecule is C=C(c1c(C(=O)OCOC(=O)OCC)c2ccc1o2)N1CCN(C)CC1. The third-order valence-corrected chi connectivity index (χ3v) is 4.36. The lowest BCUT2D eigenvalue weighted by Gasteiger charge is -2.35. The number of furan rings is 2. The molecule has 1 aliphatic heterocycles. The van der Waals surface area contributed by atoms with E-state index in [2.05, 4.69) is 32.9 Å². The number of carbonyl (C=O) groups excluding carboxylic acids is 2. The van der Waals surface area contributed by atoms with Crippen molar-refractivity contribution in [2.45, 2.75) is 6.92 Å². The summed E-state index contributed by atoms with van der Waals surface area (Å²) < 4.78 is 20.0. The first-order chi connectivity index (χ1) is 12.5. The minimum atomic E-state index is -0.887. The summed E-state index contributed by atoms with van der Waals surface area (Å²) in [7, 11) is 2.07. The highest BCUT2D eigenvalue weighted by Gasteiger charge is 2.29. The Morgan fingerprint density at radius 3 is 2.38 bits per heavy atom. The van der Waals surface area contributed by atoms with Crippen molar-refractivity contribution in [2.24, 2.45) is 0 Å². The van der Waals surface area contributed by atoms with Crippen molar-refractivity contribution in [3.63, 3.8) is 0 Å². The molecule has 0 N–H and O–H groups in total. The van der Waals surface area contributed by atoms with Crippen molar-refractivity contribution in [3.8, 4) is 0 Å². The Morgan fingerprint density at radius 1 is 1.08 bits per heavy atom. The molecular formula is C18H22N2O6. The van der Waals surface area contributed by atoms with Crippen molar-refractivity contribution >= 4 is 29.0 Å². The van der Waals surface area contributed by atoms with Gasteiger partial charge in [-0.05, 0) is 26.1 Å². The van der Waals surface area contributed by atoms with Gasteiger partial charge >= 0.3 is 12.1 Å². The number of fused-ring (bicyclic) bond motifs is 2. The zero-order valence-corrected chi connectivity index (χ0v) is 14.9. The van der Waals surface area contributed by atoms with E-state index in [-0.39, 0.29) is 6.61 Å². The second kappa shape index (κ2) is 7.65. The highest BCUT2D eigenvalue weighted by Crippen LogP contribution is 2.35. The van der Waals surface area contributed by atoms with E-state index in [9.17, 15) is 9.59 Å². The Labute approximate surface area is 151 Å². The fourth-order valence-electron chi connectivity index (χ4n) is 2.94. The van der Waals surface area contributed by atoms with Gasteiger partial charge in [-0.2, -0.15) is 0 Å². The smallest absolute Gasteiger partial charge is 0.456 e. The van der Waals surface area contributed by atoms with E-state index in [0.29, 0.717) is 22.3 Å². The van der Waals surface area contributed by atoms with Crippen LogP contribution in [0.3, 0.4) is 0 Å². The number of esters is 1. The van der Waals surface area contributed by atoms with E-state index in [1.165, 1.54) is 0 Å². The van der Waals surface area contributed by atoms with Gasteiger partial charge in [-0.15, -0.1) is 0 Å². The number of likely N-dealkylation sites (N-methyl/N-ethyl adjacent to an activating group) is 1. The molecule has 0 radical (unpaired) electrons. The second-order valence-corrected chi connectivity index (χ2v) is 6.03. The van der Waals surface area contributed by atoms with E-state index in [0.717, 1.165) is 31.9 Å². The molecule has 0 amide bonds. The van der Waals surface area contributed by atoms with Gasteiger partial charge < -0.3 is 28.4 Å². The van der Waals surface area contributed by atoms with Gasteiger partial charge in [0.05, 0.1) is 12.2 Å². The highest BCUT2D eigenvalue weighted by molar-refractivity contribution is 6.06. The first-order valence-corrected chi connectivity index (χ1v) is 8.45. The first-order valence-electron chi connectivity index (χ1n) is 8.45. The molecule has 1 aliphatic rings. The lowest BCUT2D eigenvalue weighted by molar-refractivity contribution is -0.0261.